The summed E-state index contributed by atoms with van der Waals surface area (Å²) in [6.45, 7) is 2.14. The van der Waals surface area contributed by atoms with Crippen LogP contribution in [0.2, 0.25) is 0 Å². The molecule has 1 aromatic carbocycles. The zero-order valence-electron chi connectivity index (χ0n) is 13.2. The fourth-order valence-electron chi connectivity index (χ4n) is 2.93. The maximum atomic E-state index is 12.6. The first kappa shape index (κ1) is 19.9. The summed E-state index contributed by atoms with van der Waals surface area (Å²) in [6, 6.07) is 4.31. The lowest BCUT2D eigenvalue weighted by atomic mass is 10.1. The third-order valence-electron chi connectivity index (χ3n) is 4.15. The first-order valence-corrected chi connectivity index (χ1v) is 8.78. The number of nitrogens with one attached hydrogen (secondary N) is 1. The molecule has 1 aromatic rings. The maximum absolute atomic E-state index is 12.6. The number of rotatable bonds is 5. The van der Waals surface area contributed by atoms with E-state index in [-0.39, 0.29) is 29.3 Å². The number of carbonyl (C=O) groups is 1. The molecule has 0 saturated heterocycles. The van der Waals surface area contributed by atoms with Crippen LogP contribution in [-0.2, 0) is 14.8 Å². The lowest BCUT2D eigenvalue weighted by Crippen LogP contribution is -2.40. The smallest absolute Gasteiger partial charge is 0.337 e. The number of methoxy groups -OCH3 is 1. The van der Waals surface area contributed by atoms with Crippen LogP contribution in [0.15, 0.2) is 23.1 Å². The van der Waals surface area contributed by atoms with Crippen LogP contribution in [0.4, 0.5) is 0 Å². The fraction of sp³-hybridized carbons (Fsp3) is 0.533. The molecule has 1 aliphatic rings. The Morgan fingerprint density at radius 2 is 2.09 bits per heavy atom. The Balaban J connectivity index is 0.00000264. The van der Waals surface area contributed by atoms with E-state index >= 15 is 0 Å². The molecule has 0 aliphatic heterocycles. The third kappa shape index (κ3) is 4.44. The van der Waals surface area contributed by atoms with Gasteiger partial charge in [0.05, 0.1) is 17.6 Å². The van der Waals surface area contributed by atoms with Crippen molar-refractivity contribution in [2.75, 3.05) is 13.7 Å². The van der Waals surface area contributed by atoms with Crippen LogP contribution >= 0.6 is 12.4 Å². The normalized spacial score (nSPS) is 20.8. The summed E-state index contributed by atoms with van der Waals surface area (Å²) in [5.41, 5.74) is 6.54. The van der Waals surface area contributed by atoms with Crippen molar-refractivity contribution in [1.29, 1.82) is 0 Å². The molecule has 6 nitrogen and oxygen atoms in total. The average molecular weight is 363 g/mol. The van der Waals surface area contributed by atoms with E-state index in [1.165, 1.54) is 25.3 Å². The van der Waals surface area contributed by atoms with E-state index in [0.717, 1.165) is 19.3 Å². The second-order valence-electron chi connectivity index (χ2n) is 5.63. The summed E-state index contributed by atoms with van der Waals surface area (Å²) in [6.07, 6.45) is 2.74. The summed E-state index contributed by atoms with van der Waals surface area (Å²) in [4.78, 5) is 11.7. The van der Waals surface area contributed by atoms with Crippen molar-refractivity contribution in [2.45, 2.75) is 37.1 Å². The molecule has 1 saturated carbocycles. The van der Waals surface area contributed by atoms with E-state index in [9.17, 15) is 13.2 Å². The molecule has 0 spiro atoms. The highest BCUT2D eigenvalue weighted by Crippen LogP contribution is 2.27. The number of aryl methyl sites for hydroxylation is 1. The molecular formula is C15H23ClN2O4S. The largest absolute Gasteiger partial charge is 0.465 e. The quantitative estimate of drug-likeness (QED) is 0.775. The second-order valence-corrected chi connectivity index (χ2v) is 7.31. The lowest BCUT2D eigenvalue weighted by molar-refractivity contribution is 0.0600. The van der Waals surface area contributed by atoms with Gasteiger partial charge in [-0.1, -0.05) is 6.42 Å². The molecule has 0 bridgehead atoms. The average Bonchev–Trinajstić information content (AvgIpc) is 2.92. The van der Waals surface area contributed by atoms with Gasteiger partial charge in [0.2, 0.25) is 10.0 Å². The van der Waals surface area contributed by atoms with Crippen LogP contribution in [0.1, 0.15) is 35.2 Å². The van der Waals surface area contributed by atoms with Gasteiger partial charge in [-0.05, 0) is 56.0 Å². The number of carbonyl (C=O) groups excluding carboxylic acids is 1. The van der Waals surface area contributed by atoms with E-state index in [2.05, 4.69) is 9.46 Å². The Kier molecular flexibility index (Phi) is 7.01. The minimum Gasteiger partial charge on any atom is -0.465 e. The summed E-state index contributed by atoms with van der Waals surface area (Å²) >= 11 is 0. The van der Waals surface area contributed by atoms with Crippen molar-refractivity contribution in [3.8, 4) is 0 Å². The van der Waals surface area contributed by atoms with Crippen LogP contribution < -0.4 is 10.5 Å². The number of ether oxygens (including phenoxy) is 1. The predicted octanol–water partition coefficient (Wildman–Crippen LogP) is 1.61. The van der Waals surface area contributed by atoms with Crippen LogP contribution in [0, 0.1) is 12.8 Å². The SMILES string of the molecule is COC(=O)c1ccc(S(=O)(=O)NC2CCCC2CN)c(C)c1.Cl. The number of halogens is 1. The highest BCUT2D eigenvalue weighted by atomic mass is 35.5. The van der Waals surface area contributed by atoms with Gasteiger partial charge < -0.3 is 10.5 Å². The van der Waals surface area contributed by atoms with E-state index in [0.29, 0.717) is 17.7 Å². The van der Waals surface area contributed by atoms with E-state index in [1.54, 1.807) is 6.92 Å². The number of esters is 1. The standard InChI is InChI=1S/C15H22N2O4S.ClH/c1-10-8-11(15(18)21-2)6-7-14(10)22(19,20)17-13-5-3-4-12(13)9-16;/h6-8,12-13,17H,3-5,9,16H2,1-2H3;1H. The van der Waals surface area contributed by atoms with Crippen molar-refractivity contribution in [3.05, 3.63) is 29.3 Å². The van der Waals surface area contributed by atoms with Crippen LogP contribution in [-0.4, -0.2) is 34.1 Å². The molecule has 0 aromatic heterocycles. The van der Waals surface area contributed by atoms with Crippen molar-refractivity contribution in [1.82, 2.24) is 4.72 Å². The molecule has 3 N–H and O–H groups in total. The molecule has 8 heteroatoms. The number of nitrogens with two attached hydrogens (primary N) is 1. The first-order valence-electron chi connectivity index (χ1n) is 7.30. The monoisotopic (exact) mass is 362 g/mol. The predicted molar refractivity (Wildman–Crippen MR) is 90.3 cm³/mol. The number of sulfonamides is 1. The van der Waals surface area contributed by atoms with Gasteiger partial charge in [-0.25, -0.2) is 17.9 Å². The molecule has 1 aliphatic carbocycles. The highest BCUT2D eigenvalue weighted by molar-refractivity contribution is 7.89. The van der Waals surface area contributed by atoms with Crippen molar-refractivity contribution in [2.24, 2.45) is 11.7 Å². The summed E-state index contributed by atoms with van der Waals surface area (Å²) < 4.78 is 32.5. The van der Waals surface area contributed by atoms with Gasteiger partial charge in [-0.3, -0.25) is 0 Å². The summed E-state index contributed by atoms with van der Waals surface area (Å²) in [7, 11) is -2.34. The Morgan fingerprint density at radius 3 is 2.65 bits per heavy atom. The minimum absolute atomic E-state index is 0. The van der Waals surface area contributed by atoms with Gasteiger partial charge in [-0.2, -0.15) is 0 Å². The Bertz CT molecular complexity index is 663. The van der Waals surface area contributed by atoms with E-state index in [1.807, 2.05) is 0 Å². The lowest BCUT2D eigenvalue weighted by Gasteiger charge is -2.20. The summed E-state index contributed by atoms with van der Waals surface area (Å²) in [5, 5.41) is 0. The fourth-order valence-corrected chi connectivity index (χ4v) is 4.50. The van der Waals surface area contributed by atoms with Crippen LogP contribution in [0.3, 0.4) is 0 Å². The van der Waals surface area contributed by atoms with Gasteiger partial charge in [0.15, 0.2) is 0 Å². The van der Waals surface area contributed by atoms with E-state index < -0.39 is 16.0 Å². The van der Waals surface area contributed by atoms with Crippen LogP contribution in [0.25, 0.3) is 0 Å². The maximum Gasteiger partial charge on any atom is 0.337 e. The zero-order chi connectivity index (χ0) is 16.3. The van der Waals surface area contributed by atoms with Crippen molar-refractivity contribution >= 4 is 28.4 Å². The third-order valence-corrected chi connectivity index (χ3v) is 5.80. The number of benzene rings is 1. The van der Waals surface area contributed by atoms with Gasteiger partial charge in [0.1, 0.15) is 0 Å². The zero-order valence-corrected chi connectivity index (χ0v) is 14.9. The van der Waals surface area contributed by atoms with Gasteiger partial charge >= 0.3 is 5.97 Å². The molecule has 23 heavy (non-hydrogen) atoms. The summed E-state index contributed by atoms with van der Waals surface area (Å²) in [5.74, 6) is -0.302. The number of hydrogen-bond acceptors (Lipinski definition) is 5. The number of hydrogen-bond donors (Lipinski definition) is 2. The highest BCUT2D eigenvalue weighted by Gasteiger charge is 2.31. The Labute approximate surface area is 143 Å². The molecule has 130 valence electrons. The van der Waals surface area contributed by atoms with Gasteiger partial charge in [-0.15, -0.1) is 12.4 Å². The minimum atomic E-state index is -3.62. The topological polar surface area (TPSA) is 98.5 Å². The molecule has 2 atom stereocenters. The molecule has 2 rings (SSSR count). The van der Waals surface area contributed by atoms with Crippen molar-refractivity contribution in [3.63, 3.8) is 0 Å². The molecule has 0 amide bonds. The Hall–Kier alpha value is -1.15. The van der Waals surface area contributed by atoms with Gasteiger partial charge in [0.25, 0.3) is 0 Å². The second kappa shape index (κ2) is 8.10. The Morgan fingerprint density at radius 1 is 1.39 bits per heavy atom. The van der Waals surface area contributed by atoms with Gasteiger partial charge in [0, 0.05) is 6.04 Å². The molecule has 0 radical (unpaired) electrons. The molecule has 2 unspecified atom stereocenters. The van der Waals surface area contributed by atoms with E-state index in [4.69, 9.17) is 5.73 Å². The molecule has 0 heterocycles. The first-order chi connectivity index (χ1) is 10.4. The van der Waals surface area contributed by atoms with Crippen molar-refractivity contribution < 1.29 is 17.9 Å². The van der Waals surface area contributed by atoms with Crippen LogP contribution in [0.5, 0.6) is 0 Å². The molecule has 1 fully saturated rings. The molecular weight excluding hydrogens is 340 g/mol.